The lowest BCUT2D eigenvalue weighted by molar-refractivity contribution is 1.09. The molecule has 2 rings (SSSR count). The van der Waals surface area contributed by atoms with Crippen LogP contribution in [0.4, 0.5) is 0 Å². The van der Waals surface area contributed by atoms with Crippen LogP contribution >= 0.6 is 0 Å². The van der Waals surface area contributed by atoms with Crippen molar-refractivity contribution in [1.82, 2.24) is 10.2 Å². The number of H-pyrrole nitrogens is 1. The Morgan fingerprint density at radius 2 is 2.08 bits per heavy atom. The first-order valence-corrected chi connectivity index (χ1v) is 3.90. The molecule has 0 saturated carbocycles. The average molecular weight is 169 g/mol. The second-order valence-corrected chi connectivity index (χ2v) is 2.63. The molecular weight excluding hydrogens is 162 g/mol. The molecule has 0 saturated heterocycles. The van der Waals surface area contributed by atoms with E-state index in [0.29, 0.717) is 5.56 Å². The third-order valence-corrected chi connectivity index (χ3v) is 1.84. The molecule has 0 fully saturated rings. The van der Waals surface area contributed by atoms with E-state index in [4.69, 9.17) is 5.26 Å². The van der Waals surface area contributed by atoms with Crippen LogP contribution in [-0.2, 0) is 0 Å². The number of aromatic nitrogens is 2. The van der Waals surface area contributed by atoms with Crippen molar-refractivity contribution in [2.24, 2.45) is 0 Å². The lowest BCUT2D eigenvalue weighted by Crippen LogP contribution is -1.83. The molecule has 1 aromatic heterocycles. The fourth-order valence-corrected chi connectivity index (χ4v) is 1.22. The van der Waals surface area contributed by atoms with Gasteiger partial charge in [-0.05, 0) is 12.1 Å². The molecule has 62 valence electrons. The third kappa shape index (κ3) is 1.30. The van der Waals surface area contributed by atoms with Gasteiger partial charge in [0.25, 0.3) is 0 Å². The average Bonchev–Trinajstić information content (AvgIpc) is 2.70. The molecule has 0 atom stereocenters. The number of nitrogens with one attached hydrogen (secondary N) is 1. The van der Waals surface area contributed by atoms with Gasteiger partial charge in [-0.15, -0.1) is 0 Å². The lowest BCUT2D eigenvalue weighted by Gasteiger charge is -1.98. The van der Waals surface area contributed by atoms with Crippen LogP contribution in [0.15, 0.2) is 36.5 Å². The van der Waals surface area contributed by atoms with Crippen molar-refractivity contribution >= 4 is 0 Å². The molecule has 0 bridgehead atoms. The molecule has 0 spiro atoms. The van der Waals surface area contributed by atoms with Crippen LogP contribution in [0.25, 0.3) is 11.3 Å². The molecule has 1 aromatic carbocycles. The van der Waals surface area contributed by atoms with Crippen LogP contribution < -0.4 is 0 Å². The first-order valence-electron chi connectivity index (χ1n) is 3.90. The van der Waals surface area contributed by atoms with Gasteiger partial charge in [0.05, 0.1) is 17.3 Å². The van der Waals surface area contributed by atoms with Gasteiger partial charge in [-0.1, -0.05) is 18.2 Å². The van der Waals surface area contributed by atoms with E-state index < -0.39 is 0 Å². The quantitative estimate of drug-likeness (QED) is 0.709. The van der Waals surface area contributed by atoms with Crippen LogP contribution in [0.3, 0.4) is 0 Å². The van der Waals surface area contributed by atoms with E-state index in [-0.39, 0.29) is 0 Å². The molecule has 1 N–H and O–H groups in total. The Morgan fingerprint density at radius 1 is 1.23 bits per heavy atom. The fourth-order valence-electron chi connectivity index (χ4n) is 1.22. The number of benzene rings is 1. The zero-order valence-electron chi connectivity index (χ0n) is 6.86. The van der Waals surface area contributed by atoms with Crippen molar-refractivity contribution in [2.75, 3.05) is 0 Å². The normalized spacial score (nSPS) is 9.46. The Morgan fingerprint density at radius 3 is 2.77 bits per heavy atom. The maximum atomic E-state index is 8.83. The number of nitriles is 1. The first-order chi connectivity index (χ1) is 6.42. The first kappa shape index (κ1) is 7.56. The standard InChI is InChI=1S/C10H7N3/c11-7-8-3-1-2-4-9(8)10-5-6-12-13-10/h1-6H,(H,12,13). The maximum absolute atomic E-state index is 8.83. The number of rotatable bonds is 1. The molecular formula is C10H7N3. The summed E-state index contributed by atoms with van der Waals surface area (Å²) in [5.74, 6) is 0. The fraction of sp³-hybridized carbons (Fsp3) is 0. The Kier molecular flexibility index (Phi) is 1.81. The van der Waals surface area contributed by atoms with E-state index in [1.807, 2.05) is 24.3 Å². The molecule has 0 unspecified atom stereocenters. The van der Waals surface area contributed by atoms with Crippen molar-refractivity contribution in [3.05, 3.63) is 42.1 Å². The van der Waals surface area contributed by atoms with Gasteiger partial charge in [0.2, 0.25) is 0 Å². The van der Waals surface area contributed by atoms with Crippen LogP contribution in [0.1, 0.15) is 5.56 Å². The molecule has 3 heteroatoms. The highest BCUT2D eigenvalue weighted by Crippen LogP contribution is 2.19. The van der Waals surface area contributed by atoms with Crippen molar-refractivity contribution in [3.8, 4) is 17.3 Å². The lowest BCUT2D eigenvalue weighted by atomic mass is 10.1. The Balaban J connectivity index is 2.59. The minimum absolute atomic E-state index is 0.659. The highest BCUT2D eigenvalue weighted by Gasteiger charge is 2.03. The van der Waals surface area contributed by atoms with Crippen LogP contribution in [0.2, 0.25) is 0 Å². The van der Waals surface area contributed by atoms with Gasteiger partial charge in [-0.2, -0.15) is 10.4 Å². The Bertz CT molecular complexity index is 437. The van der Waals surface area contributed by atoms with Crippen molar-refractivity contribution in [3.63, 3.8) is 0 Å². The van der Waals surface area contributed by atoms with E-state index in [1.165, 1.54) is 0 Å². The molecule has 0 radical (unpaired) electrons. The zero-order valence-corrected chi connectivity index (χ0v) is 6.86. The predicted octanol–water partition coefficient (Wildman–Crippen LogP) is 1.95. The second kappa shape index (κ2) is 3.11. The summed E-state index contributed by atoms with van der Waals surface area (Å²) in [6.07, 6.45) is 1.67. The summed E-state index contributed by atoms with van der Waals surface area (Å²) in [6, 6.07) is 11.4. The molecule has 2 aromatic rings. The Labute approximate surface area is 75.6 Å². The number of aromatic amines is 1. The van der Waals surface area contributed by atoms with Crippen molar-refractivity contribution in [1.29, 1.82) is 5.26 Å². The van der Waals surface area contributed by atoms with Crippen LogP contribution in [0.5, 0.6) is 0 Å². The maximum Gasteiger partial charge on any atom is 0.0998 e. The molecule has 3 nitrogen and oxygen atoms in total. The van der Waals surface area contributed by atoms with Crippen LogP contribution in [0, 0.1) is 11.3 Å². The van der Waals surface area contributed by atoms with E-state index in [0.717, 1.165) is 11.3 Å². The zero-order chi connectivity index (χ0) is 9.10. The monoisotopic (exact) mass is 169 g/mol. The van der Waals surface area contributed by atoms with Gasteiger partial charge in [0, 0.05) is 11.8 Å². The minimum Gasteiger partial charge on any atom is -0.278 e. The molecule has 0 aliphatic carbocycles. The second-order valence-electron chi connectivity index (χ2n) is 2.63. The Hall–Kier alpha value is -2.08. The van der Waals surface area contributed by atoms with Crippen molar-refractivity contribution < 1.29 is 0 Å². The van der Waals surface area contributed by atoms with E-state index in [2.05, 4.69) is 16.3 Å². The van der Waals surface area contributed by atoms with Crippen molar-refractivity contribution in [2.45, 2.75) is 0 Å². The van der Waals surface area contributed by atoms with E-state index in [1.54, 1.807) is 12.3 Å². The van der Waals surface area contributed by atoms with Gasteiger partial charge in [0.1, 0.15) is 0 Å². The largest absolute Gasteiger partial charge is 0.278 e. The van der Waals surface area contributed by atoms with E-state index in [9.17, 15) is 0 Å². The summed E-state index contributed by atoms with van der Waals surface area (Å²) in [4.78, 5) is 0. The highest BCUT2D eigenvalue weighted by molar-refractivity contribution is 5.66. The van der Waals surface area contributed by atoms with Gasteiger partial charge >= 0.3 is 0 Å². The summed E-state index contributed by atoms with van der Waals surface area (Å²) >= 11 is 0. The minimum atomic E-state index is 0.659. The molecule has 0 aliphatic rings. The van der Waals surface area contributed by atoms with Gasteiger partial charge < -0.3 is 0 Å². The highest BCUT2D eigenvalue weighted by atomic mass is 15.1. The molecule has 0 amide bonds. The summed E-state index contributed by atoms with van der Waals surface area (Å²) < 4.78 is 0. The topological polar surface area (TPSA) is 52.5 Å². The molecule has 13 heavy (non-hydrogen) atoms. The van der Waals surface area contributed by atoms with Crippen LogP contribution in [-0.4, -0.2) is 10.2 Å². The third-order valence-electron chi connectivity index (χ3n) is 1.84. The summed E-state index contributed by atoms with van der Waals surface area (Å²) in [5, 5.41) is 15.5. The van der Waals surface area contributed by atoms with Gasteiger partial charge in [-0.25, -0.2) is 0 Å². The van der Waals surface area contributed by atoms with Gasteiger partial charge in [0.15, 0.2) is 0 Å². The number of hydrogen-bond acceptors (Lipinski definition) is 2. The smallest absolute Gasteiger partial charge is 0.0998 e. The predicted molar refractivity (Wildman–Crippen MR) is 48.7 cm³/mol. The SMILES string of the molecule is N#Cc1ccccc1-c1ccn[nH]1. The molecule has 0 aliphatic heterocycles. The van der Waals surface area contributed by atoms with E-state index >= 15 is 0 Å². The molecule has 1 heterocycles. The number of nitrogens with zero attached hydrogens (tertiary/aromatic N) is 2. The number of hydrogen-bond donors (Lipinski definition) is 1. The summed E-state index contributed by atoms with van der Waals surface area (Å²) in [5.41, 5.74) is 2.42. The van der Waals surface area contributed by atoms with Gasteiger partial charge in [-0.3, -0.25) is 5.10 Å². The summed E-state index contributed by atoms with van der Waals surface area (Å²) in [6.45, 7) is 0. The summed E-state index contributed by atoms with van der Waals surface area (Å²) in [7, 11) is 0.